The maximum Gasteiger partial charge on any atom is 0.341 e. The molecule has 126 valence electrons. The van der Waals surface area contributed by atoms with Crippen LogP contribution < -0.4 is 10.6 Å². The zero-order valence-corrected chi connectivity index (χ0v) is 15.2. The molecule has 0 spiro atoms. The molecule has 0 saturated carbocycles. The number of ether oxygens (including phenoxy) is 1. The number of carbonyl (C=O) groups excluding carboxylic acids is 1. The Morgan fingerprint density at radius 3 is 2.75 bits per heavy atom. The van der Waals surface area contributed by atoms with Crippen molar-refractivity contribution in [3.63, 3.8) is 0 Å². The molecule has 0 radical (unpaired) electrons. The lowest BCUT2D eigenvalue weighted by Crippen LogP contribution is -2.28. The average molecular weight is 361 g/mol. The summed E-state index contributed by atoms with van der Waals surface area (Å²) in [7, 11) is 1.42. The van der Waals surface area contributed by atoms with Crippen LogP contribution in [-0.4, -0.2) is 18.2 Å². The van der Waals surface area contributed by atoms with E-state index < -0.39 is 0 Å². The van der Waals surface area contributed by atoms with Gasteiger partial charge in [-0.05, 0) is 49.0 Å². The summed E-state index contributed by atoms with van der Waals surface area (Å²) in [6.07, 6.45) is 4.24. The van der Waals surface area contributed by atoms with Crippen molar-refractivity contribution in [2.24, 2.45) is 0 Å². The van der Waals surface area contributed by atoms with E-state index in [1.54, 1.807) is 11.3 Å². The van der Waals surface area contributed by atoms with E-state index in [1.165, 1.54) is 18.4 Å². The number of nitrogens with one attached hydrogen (secondary N) is 2. The molecule has 2 N–H and O–H groups in total. The fraction of sp³-hybridized carbons (Fsp3) is 0.333. The number of hydrogen-bond donors (Lipinski definition) is 2. The summed E-state index contributed by atoms with van der Waals surface area (Å²) in [6.45, 7) is 0.644. The molecule has 0 unspecified atom stereocenters. The average Bonchev–Trinajstić information content (AvgIpc) is 2.98. The predicted molar refractivity (Wildman–Crippen MR) is 102 cm³/mol. The number of anilines is 1. The Morgan fingerprint density at radius 1 is 1.25 bits per heavy atom. The van der Waals surface area contributed by atoms with Gasteiger partial charge >= 0.3 is 5.97 Å². The molecular formula is C18H20N2O2S2. The zero-order valence-electron chi connectivity index (χ0n) is 13.6. The van der Waals surface area contributed by atoms with Crippen LogP contribution in [-0.2, 0) is 24.1 Å². The Balaban J connectivity index is 1.73. The van der Waals surface area contributed by atoms with Crippen LogP contribution in [0.3, 0.4) is 0 Å². The Morgan fingerprint density at radius 2 is 2.00 bits per heavy atom. The molecular weight excluding hydrogens is 340 g/mol. The van der Waals surface area contributed by atoms with E-state index in [0.717, 1.165) is 35.4 Å². The number of thiophene rings is 1. The molecule has 24 heavy (non-hydrogen) atoms. The summed E-state index contributed by atoms with van der Waals surface area (Å²) < 4.78 is 4.98. The molecule has 1 aliphatic carbocycles. The smallest absolute Gasteiger partial charge is 0.341 e. The first-order valence-corrected chi connectivity index (χ1v) is 9.23. The number of fused-ring (bicyclic) bond motifs is 1. The minimum atomic E-state index is -0.289. The molecule has 0 bridgehead atoms. The largest absolute Gasteiger partial charge is 0.465 e. The van der Waals surface area contributed by atoms with Gasteiger partial charge in [0.05, 0.1) is 12.7 Å². The van der Waals surface area contributed by atoms with Gasteiger partial charge in [0.15, 0.2) is 5.11 Å². The van der Waals surface area contributed by atoms with Crippen LogP contribution >= 0.6 is 23.6 Å². The first kappa shape index (κ1) is 16.9. The highest BCUT2D eigenvalue weighted by molar-refractivity contribution is 7.80. The third-order valence-corrected chi connectivity index (χ3v) is 5.54. The molecule has 0 amide bonds. The lowest BCUT2D eigenvalue weighted by Gasteiger charge is -2.12. The van der Waals surface area contributed by atoms with E-state index in [4.69, 9.17) is 17.0 Å². The second kappa shape index (κ2) is 7.77. The Labute approximate surface area is 151 Å². The standard InChI is InChI=1S/C18H20N2O2S2/c1-22-17(21)15-13-9-5-6-10-14(13)24-16(15)20-18(23)19-11-12-7-3-2-4-8-12/h2-4,7-8H,5-6,9-11H2,1H3,(H2,19,20,23). The maximum atomic E-state index is 12.2. The van der Waals surface area contributed by atoms with Crippen molar-refractivity contribution >= 4 is 39.6 Å². The van der Waals surface area contributed by atoms with Crippen molar-refractivity contribution in [1.82, 2.24) is 5.32 Å². The van der Waals surface area contributed by atoms with Gasteiger partial charge in [0, 0.05) is 11.4 Å². The van der Waals surface area contributed by atoms with Crippen LogP contribution in [0.2, 0.25) is 0 Å². The number of methoxy groups -OCH3 is 1. The number of hydrogen-bond acceptors (Lipinski definition) is 4. The van der Waals surface area contributed by atoms with E-state index in [9.17, 15) is 4.79 Å². The van der Waals surface area contributed by atoms with E-state index >= 15 is 0 Å². The number of benzene rings is 1. The summed E-state index contributed by atoms with van der Waals surface area (Å²) in [6, 6.07) is 10.1. The van der Waals surface area contributed by atoms with Gasteiger partial charge in [-0.25, -0.2) is 4.79 Å². The molecule has 0 aliphatic heterocycles. The summed E-state index contributed by atoms with van der Waals surface area (Å²) in [5.74, 6) is -0.289. The van der Waals surface area contributed by atoms with Crippen molar-refractivity contribution in [3.05, 3.63) is 51.9 Å². The van der Waals surface area contributed by atoms with E-state index in [0.29, 0.717) is 17.2 Å². The van der Waals surface area contributed by atoms with Crippen LogP contribution in [0.5, 0.6) is 0 Å². The lowest BCUT2D eigenvalue weighted by atomic mass is 9.95. The molecule has 3 rings (SSSR count). The lowest BCUT2D eigenvalue weighted by molar-refractivity contribution is 0.0601. The third-order valence-electron chi connectivity index (χ3n) is 4.08. The Hall–Kier alpha value is -1.92. The highest BCUT2D eigenvalue weighted by Gasteiger charge is 2.26. The fourth-order valence-corrected chi connectivity index (χ4v) is 4.42. The van der Waals surface area contributed by atoms with Crippen molar-refractivity contribution < 1.29 is 9.53 Å². The number of thiocarbonyl (C=S) groups is 1. The summed E-state index contributed by atoms with van der Waals surface area (Å²) >= 11 is 7.01. The Bertz CT molecular complexity index is 741. The third kappa shape index (κ3) is 3.76. The summed E-state index contributed by atoms with van der Waals surface area (Å²) in [5.41, 5.74) is 2.94. The Kier molecular flexibility index (Phi) is 5.48. The SMILES string of the molecule is COC(=O)c1c(NC(=S)NCc2ccccc2)sc2c1CCCC2. The van der Waals surface area contributed by atoms with Crippen molar-refractivity contribution in [1.29, 1.82) is 0 Å². The highest BCUT2D eigenvalue weighted by Crippen LogP contribution is 2.38. The molecule has 1 heterocycles. The van der Waals surface area contributed by atoms with E-state index in [1.807, 2.05) is 30.3 Å². The van der Waals surface area contributed by atoms with Crippen LogP contribution in [0.25, 0.3) is 0 Å². The number of carbonyl (C=O) groups is 1. The molecule has 6 heteroatoms. The van der Waals surface area contributed by atoms with Crippen molar-refractivity contribution in [2.45, 2.75) is 32.2 Å². The quantitative estimate of drug-likeness (QED) is 0.640. The second-order valence-electron chi connectivity index (χ2n) is 5.70. The number of esters is 1. The first-order chi connectivity index (χ1) is 11.7. The summed E-state index contributed by atoms with van der Waals surface area (Å²) in [5, 5.41) is 7.69. The van der Waals surface area contributed by atoms with Gasteiger partial charge in [0.25, 0.3) is 0 Å². The van der Waals surface area contributed by atoms with Crippen molar-refractivity contribution in [3.8, 4) is 0 Å². The minimum Gasteiger partial charge on any atom is -0.465 e. The van der Waals surface area contributed by atoms with Gasteiger partial charge in [0.2, 0.25) is 0 Å². The molecule has 0 fully saturated rings. The van der Waals surface area contributed by atoms with Gasteiger partial charge in [-0.1, -0.05) is 30.3 Å². The van der Waals surface area contributed by atoms with Gasteiger partial charge in [-0.15, -0.1) is 11.3 Å². The maximum absolute atomic E-state index is 12.2. The molecule has 2 aromatic rings. The summed E-state index contributed by atoms with van der Waals surface area (Å²) in [4.78, 5) is 13.5. The molecule has 0 saturated heterocycles. The van der Waals surface area contributed by atoms with Gasteiger partial charge in [0.1, 0.15) is 5.00 Å². The molecule has 1 aromatic heterocycles. The van der Waals surface area contributed by atoms with Crippen molar-refractivity contribution in [2.75, 3.05) is 12.4 Å². The van der Waals surface area contributed by atoms with Gasteiger partial charge in [-0.2, -0.15) is 0 Å². The van der Waals surface area contributed by atoms with Crippen LogP contribution in [0.15, 0.2) is 30.3 Å². The van der Waals surface area contributed by atoms with Gasteiger partial charge < -0.3 is 15.4 Å². The first-order valence-electron chi connectivity index (χ1n) is 8.00. The number of rotatable bonds is 4. The number of aryl methyl sites for hydroxylation is 1. The zero-order chi connectivity index (χ0) is 16.9. The molecule has 1 aliphatic rings. The van der Waals surface area contributed by atoms with Crippen LogP contribution in [0, 0.1) is 0 Å². The van der Waals surface area contributed by atoms with E-state index in [2.05, 4.69) is 10.6 Å². The molecule has 1 aromatic carbocycles. The minimum absolute atomic E-state index is 0.289. The molecule has 0 atom stereocenters. The second-order valence-corrected chi connectivity index (χ2v) is 7.21. The normalized spacial score (nSPS) is 13.0. The van der Waals surface area contributed by atoms with Crippen LogP contribution in [0.4, 0.5) is 5.00 Å². The molecule has 4 nitrogen and oxygen atoms in total. The monoisotopic (exact) mass is 360 g/mol. The van der Waals surface area contributed by atoms with E-state index in [-0.39, 0.29) is 5.97 Å². The predicted octanol–water partition coefficient (Wildman–Crippen LogP) is 3.90. The highest BCUT2D eigenvalue weighted by atomic mass is 32.1. The topological polar surface area (TPSA) is 50.4 Å². The van der Waals surface area contributed by atoms with Crippen LogP contribution in [0.1, 0.15) is 39.2 Å². The van der Waals surface area contributed by atoms with Gasteiger partial charge in [-0.3, -0.25) is 0 Å². The fourth-order valence-electron chi connectivity index (χ4n) is 2.90.